The Bertz CT molecular complexity index is 892. The third kappa shape index (κ3) is 4.45. The molecule has 0 saturated heterocycles. The third-order valence-electron chi connectivity index (χ3n) is 4.07. The lowest BCUT2D eigenvalue weighted by atomic mass is 10.2. The molecule has 1 aliphatic heterocycles. The van der Waals surface area contributed by atoms with Crippen LogP contribution in [0.2, 0.25) is 10.0 Å². The molecule has 2 heterocycles. The van der Waals surface area contributed by atoms with Gasteiger partial charge in [0.05, 0.1) is 22.2 Å². The molecule has 28 heavy (non-hydrogen) atoms. The summed E-state index contributed by atoms with van der Waals surface area (Å²) >= 11 is 12.2. The summed E-state index contributed by atoms with van der Waals surface area (Å²) in [5.41, 5.74) is 0.408. The summed E-state index contributed by atoms with van der Waals surface area (Å²) in [4.78, 5) is 32.7. The largest absolute Gasteiger partial charge is 0.481 e. The highest BCUT2D eigenvalue weighted by molar-refractivity contribution is 6.32. The lowest BCUT2D eigenvalue weighted by Crippen LogP contribution is -2.40. The number of rotatable bonds is 7. The lowest BCUT2D eigenvalue weighted by Gasteiger charge is -2.30. The van der Waals surface area contributed by atoms with E-state index >= 15 is 0 Å². The summed E-state index contributed by atoms with van der Waals surface area (Å²) in [5.74, 6) is -0.144. The normalized spacial score (nSPS) is 14.2. The molecule has 148 valence electrons. The molecule has 10 heteroatoms. The number of carboxylic acids is 1. The minimum Gasteiger partial charge on any atom is -0.481 e. The Labute approximate surface area is 171 Å². The summed E-state index contributed by atoms with van der Waals surface area (Å²) in [7, 11) is 0. The number of aromatic nitrogens is 2. The molecule has 1 aromatic carbocycles. The Hall–Kier alpha value is -2.58. The van der Waals surface area contributed by atoms with E-state index in [0.29, 0.717) is 34.5 Å². The molecule has 0 bridgehead atoms. The molecule has 0 radical (unpaired) electrons. The van der Waals surface area contributed by atoms with E-state index in [4.69, 9.17) is 37.8 Å². The predicted octanol–water partition coefficient (Wildman–Crippen LogP) is 3.51. The monoisotopic (exact) mass is 425 g/mol. The van der Waals surface area contributed by atoms with Gasteiger partial charge >= 0.3 is 5.97 Å². The van der Waals surface area contributed by atoms with E-state index in [-0.39, 0.29) is 30.5 Å². The van der Waals surface area contributed by atoms with Crippen molar-refractivity contribution in [3.63, 3.8) is 0 Å². The maximum absolute atomic E-state index is 12.1. The van der Waals surface area contributed by atoms with Crippen LogP contribution in [0.25, 0.3) is 0 Å². The topological polar surface area (TPSA) is 102 Å². The zero-order valence-corrected chi connectivity index (χ0v) is 16.4. The Morgan fingerprint density at radius 1 is 1.36 bits per heavy atom. The fourth-order valence-corrected chi connectivity index (χ4v) is 3.01. The average molecular weight is 426 g/mol. The lowest BCUT2D eigenvalue weighted by molar-refractivity contribution is -0.136. The number of ether oxygens (including phenoxy) is 2. The SMILES string of the molecule is CC[C@H](Oc1cc2c(cc1Cl)N(CCC(=O)O)C(=O)CO2)c1ncc(Cl)cn1. The van der Waals surface area contributed by atoms with Crippen LogP contribution in [-0.4, -0.2) is 40.1 Å². The standard InChI is InChI=1S/C18H17Cl2N3O5/c1-2-13(18-21-7-10(19)8-22-18)28-14-6-15-12(5-11(14)20)23(4-3-17(25)26)16(24)9-27-15/h5-8,13H,2-4,9H2,1H3,(H,25,26)/t13-/m0/s1. The van der Waals surface area contributed by atoms with E-state index in [0.717, 1.165) is 0 Å². The van der Waals surface area contributed by atoms with Gasteiger partial charge in [0.15, 0.2) is 18.5 Å². The molecule has 1 aliphatic rings. The number of carboxylic acid groups (broad SMARTS) is 1. The van der Waals surface area contributed by atoms with Gasteiger partial charge in [-0.1, -0.05) is 30.1 Å². The van der Waals surface area contributed by atoms with Gasteiger partial charge in [-0.05, 0) is 12.5 Å². The molecule has 0 spiro atoms. The van der Waals surface area contributed by atoms with Crippen LogP contribution in [0.5, 0.6) is 11.5 Å². The Kier molecular flexibility index (Phi) is 6.21. The molecule has 0 fully saturated rings. The van der Waals surface area contributed by atoms with Crippen LogP contribution in [0.4, 0.5) is 5.69 Å². The fourth-order valence-electron chi connectivity index (χ4n) is 2.71. The van der Waals surface area contributed by atoms with Crippen molar-refractivity contribution in [3.8, 4) is 11.5 Å². The van der Waals surface area contributed by atoms with Crippen molar-refractivity contribution in [2.75, 3.05) is 18.1 Å². The maximum Gasteiger partial charge on any atom is 0.305 e. The van der Waals surface area contributed by atoms with E-state index in [1.165, 1.54) is 23.4 Å². The van der Waals surface area contributed by atoms with Gasteiger partial charge in [0.2, 0.25) is 0 Å². The number of halogens is 2. The first kappa shape index (κ1) is 20.2. The number of benzene rings is 1. The van der Waals surface area contributed by atoms with Gasteiger partial charge in [0, 0.05) is 25.0 Å². The smallest absolute Gasteiger partial charge is 0.305 e. The van der Waals surface area contributed by atoms with Crippen molar-refractivity contribution >= 4 is 40.8 Å². The molecule has 8 nitrogen and oxygen atoms in total. The molecular formula is C18H17Cl2N3O5. The fraction of sp³-hybridized carbons (Fsp3) is 0.333. The first-order chi connectivity index (χ1) is 13.4. The summed E-state index contributed by atoms with van der Waals surface area (Å²) in [6, 6.07) is 3.11. The number of fused-ring (bicyclic) bond motifs is 1. The van der Waals surface area contributed by atoms with Crippen molar-refractivity contribution in [1.82, 2.24) is 9.97 Å². The molecule has 1 amide bonds. The highest BCUT2D eigenvalue weighted by Crippen LogP contribution is 2.41. The zero-order valence-electron chi connectivity index (χ0n) is 14.9. The van der Waals surface area contributed by atoms with Crippen molar-refractivity contribution in [2.45, 2.75) is 25.9 Å². The molecule has 0 unspecified atom stereocenters. The minimum atomic E-state index is -0.999. The highest BCUT2D eigenvalue weighted by Gasteiger charge is 2.28. The van der Waals surface area contributed by atoms with Gasteiger partial charge in [0.25, 0.3) is 5.91 Å². The van der Waals surface area contributed by atoms with Gasteiger partial charge < -0.3 is 19.5 Å². The number of hydrogen-bond donors (Lipinski definition) is 1. The molecule has 1 N–H and O–H groups in total. The average Bonchev–Trinajstić information content (AvgIpc) is 2.66. The van der Waals surface area contributed by atoms with Gasteiger partial charge in [-0.2, -0.15) is 0 Å². The van der Waals surface area contributed by atoms with Gasteiger partial charge in [-0.15, -0.1) is 0 Å². The van der Waals surface area contributed by atoms with Crippen molar-refractivity contribution in [1.29, 1.82) is 0 Å². The molecule has 3 rings (SSSR count). The van der Waals surface area contributed by atoms with Crippen LogP contribution in [0.15, 0.2) is 24.5 Å². The van der Waals surface area contributed by atoms with Gasteiger partial charge in [-0.3, -0.25) is 9.59 Å². The number of nitrogens with zero attached hydrogens (tertiary/aromatic N) is 3. The second kappa shape index (κ2) is 8.62. The number of hydrogen-bond acceptors (Lipinski definition) is 6. The number of aliphatic carboxylic acids is 1. The van der Waals surface area contributed by atoms with Crippen LogP contribution in [-0.2, 0) is 9.59 Å². The first-order valence-electron chi connectivity index (χ1n) is 8.51. The van der Waals surface area contributed by atoms with Crippen LogP contribution in [0.1, 0.15) is 31.7 Å². The van der Waals surface area contributed by atoms with Crippen LogP contribution in [0.3, 0.4) is 0 Å². The van der Waals surface area contributed by atoms with E-state index in [2.05, 4.69) is 9.97 Å². The van der Waals surface area contributed by atoms with Crippen molar-refractivity contribution < 1.29 is 24.2 Å². The van der Waals surface area contributed by atoms with Crippen molar-refractivity contribution in [3.05, 3.63) is 40.4 Å². The molecular weight excluding hydrogens is 409 g/mol. The van der Waals surface area contributed by atoms with Gasteiger partial charge in [-0.25, -0.2) is 9.97 Å². The summed E-state index contributed by atoms with van der Waals surface area (Å²) in [5, 5.41) is 9.57. The highest BCUT2D eigenvalue weighted by atomic mass is 35.5. The minimum absolute atomic E-state index is 0.0251. The second-order valence-corrected chi connectivity index (χ2v) is 6.85. The summed E-state index contributed by atoms with van der Waals surface area (Å²) in [6.07, 6.45) is 2.91. The number of carbonyl (C=O) groups excluding carboxylic acids is 1. The number of anilines is 1. The van der Waals surface area contributed by atoms with Crippen LogP contribution in [0, 0.1) is 0 Å². The first-order valence-corrected chi connectivity index (χ1v) is 9.27. The van der Waals surface area contributed by atoms with Gasteiger partial charge in [0.1, 0.15) is 11.5 Å². The van der Waals surface area contributed by atoms with E-state index < -0.39 is 12.1 Å². The summed E-state index contributed by atoms with van der Waals surface area (Å²) < 4.78 is 11.4. The number of amides is 1. The zero-order chi connectivity index (χ0) is 20.3. The molecule has 1 atom stereocenters. The summed E-state index contributed by atoms with van der Waals surface area (Å²) in [6.45, 7) is 1.75. The second-order valence-electron chi connectivity index (χ2n) is 6.00. The molecule has 0 aliphatic carbocycles. The van der Waals surface area contributed by atoms with E-state index in [9.17, 15) is 9.59 Å². The van der Waals surface area contributed by atoms with Crippen LogP contribution >= 0.6 is 23.2 Å². The Balaban J connectivity index is 1.86. The third-order valence-corrected chi connectivity index (χ3v) is 4.56. The molecule has 1 aromatic heterocycles. The molecule has 2 aromatic rings. The Morgan fingerprint density at radius 2 is 2.07 bits per heavy atom. The number of carbonyl (C=O) groups is 2. The van der Waals surface area contributed by atoms with Crippen LogP contribution < -0.4 is 14.4 Å². The van der Waals surface area contributed by atoms with E-state index in [1.54, 1.807) is 6.07 Å². The predicted molar refractivity (Wildman–Crippen MR) is 102 cm³/mol. The van der Waals surface area contributed by atoms with Crippen molar-refractivity contribution in [2.24, 2.45) is 0 Å². The quantitative estimate of drug-likeness (QED) is 0.723. The maximum atomic E-state index is 12.1. The Morgan fingerprint density at radius 3 is 2.71 bits per heavy atom. The molecule has 0 saturated carbocycles. The van der Waals surface area contributed by atoms with E-state index in [1.807, 2.05) is 6.92 Å².